The Hall–Kier alpha value is -1.98. The van der Waals surface area contributed by atoms with Crippen LogP contribution in [0.25, 0.3) is 0 Å². The second-order valence-electron chi connectivity index (χ2n) is 5.61. The third kappa shape index (κ3) is 4.24. The number of aromatic carboxylic acids is 1. The highest BCUT2D eigenvalue weighted by Gasteiger charge is 2.18. The molecule has 0 spiro atoms. The molecule has 1 amide bonds. The minimum absolute atomic E-state index is 0.156. The first-order valence-electron chi connectivity index (χ1n) is 7.38. The lowest BCUT2D eigenvalue weighted by Gasteiger charge is -2.24. The zero-order valence-corrected chi connectivity index (χ0v) is 12.3. The van der Waals surface area contributed by atoms with E-state index < -0.39 is 5.97 Å². The molecule has 1 aliphatic carbocycles. The summed E-state index contributed by atoms with van der Waals surface area (Å²) in [6, 6.07) is 0. The number of carboxylic acid groups (broad SMARTS) is 1. The normalized spacial score (nSPS) is 15.7. The van der Waals surface area contributed by atoms with Gasteiger partial charge in [0.15, 0.2) is 5.69 Å². The van der Waals surface area contributed by atoms with E-state index in [0.29, 0.717) is 6.54 Å². The molecule has 0 aromatic carbocycles. The smallest absolute Gasteiger partial charge is 0.356 e. The molecule has 0 saturated heterocycles. The Morgan fingerprint density at radius 2 is 1.81 bits per heavy atom. The van der Waals surface area contributed by atoms with Gasteiger partial charge in [0.25, 0.3) is 5.91 Å². The van der Waals surface area contributed by atoms with Gasteiger partial charge in [0.05, 0.1) is 12.4 Å². The zero-order valence-electron chi connectivity index (χ0n) is 12.3. The predicted octanol–water partition coefficient (Wildman–Crippen LogP) is 2.22. The summed E-state index contributed by atoms with van der Waals surface area (Å²) in [6.45, 7) is 0.700. The summed E-state index contributed by atoms with van der Waals surface area (Å²) in [5.74, 6) is -0.642. The minimum atomic E-state index is -1.15. The molecule has 6 heteroatoms. The summed E-state index contributed by atoms with van der Waals surface area (Å²) in [4.78, 5) is 32.1. The number of aromatic nitrogens is 2. The van der Waals surface area contributed by atoms with Gasteiger partial charge in [-0.05, 0) is 12.3 Å². The van der Waals surface area contributed by atoms with Crippen molar-refractivity contribution in [2.45, 2.75) is 38.5 Å². The first-order chi connectivity index (χ1) is 10.1. The monoisotopic (exact) mass is 291 g/mol. The molecule has 21 heavy (non-hydrogen) atoms. The molecule has 1 saturated carbocycles. The molecule has 1 aliphatic rings. The SMILES string of the molecule is CN(CCC1CCCCC1)C(=O)c1cnc(C(=O)O)cn1. The number of hydrogen-bond acceptors (Lipinski definition) is 4. The molecular weight excluding hydrogens is 270 g/mol. The number of carbonyl (C=O) groups excluding carboxylic acids is 1. The number of hydrogen-bond donors (Lipinski definition) is 1. The minimum Gasteiger partial charge on any atom is -0.476 e. The van der Waals surface area contributed by atoms with Gasteiger partial charge in [-0.2, -0.15) is 0 Å². The summed E-state index contributed by atoms with van der Waals surface area (Å²) < 4.78 is 0. The van der Waals surface area contributed by atoms with Crippen LogP contribution in [-0.4, -0.2) is 45.4 Å². The Balaban J connectivity index is 1.87. The molecule has 1 fully saturated rings. The molecule has 0 aliphatic heterocycles. The van der Waals surface area contributed by atoms with Crippen molar-refractivity contribution in [1.29, 1.82) is 0 Å². The van der Waals surface area contributed by atoms with Gasteiger partial charge >= 0.3 is 5.97 Å². The second-order valence-corrected chi connectivity index (χ2v) is 5.61. The van der Waals surface area contributed by atoms with Gasteiger partial charge in [-0.3, -0.25) is 4.79 Å². The van der Waals surface area contributed by atoms with Crippen molar-refractivity contribution in [3.8, 4) is 0 Å². The van der Waals surface area contributed by atoms with Gasteiger partial charge in [0.2, 0.25) is 0 Å². The third-order valence-corrected chi connectivity index (χ3v) is 4.03. The molecule has 1 aromatic rings. The Labute approximate surface area is 124 Å². The average molecular weight is 291 g/mol. The van der Waals surface area contributed by atoms with E-state index in [2.05, 4.69) is 9.97 Å². The van der Waals surface area contributed by atoms with Crippen LogP contribution in [0.4, 0.5) is 0 Å². The summed E-state index contributed by atoms with van der Waals surface area (Å²) in [6.07, 6.45) is 9.80. The molecule has 0 atom stereocenters. The van der Waals surface area contributed by atoms with Crippen molar-refractivity contribution >= 4 is 11.9 Å². The van der Waals surface area contributed by atoms with Crippen LogP contribution in [0.1, 0.15) is 59.5 Å². The number of amides is 1. The van der Waals surface area contributed by atoms with Crippen molar-refractivity contribution in [3.63, 3.8) is 0 Å². The van der Waals surface area contributed by atoms with E-state index in [-0.39, 0.29) is 17.3 Å². The van der Waals surface area contributed by atoms with Crippen molar-refractivity contribution in [3.05, 3.63) is 23.8 Å². The summed E-state index contributed by atoms with van der Waals surface area (Å²) in [7, 11) is 1.75. The van der Waals surface area contributed by atoms with Crippen LogP contribution in [-0.2, 0) is 0 Å². The fourth-order valence-corrected chi connectivity index (χ4v) is 2.70. The average Bonchev–Trinajstić information content (AvgIpc) is 2.53. The Kier molecular flexibility index (Phi) is 5.25. The molecule has 0 bridgehead atoms. The number of rotatable bonds is 5. The predicted molar refractivity (Wildman–Crippen MR) is 77.1 cm³/mol. The van der Waals surface area contributed by atoms with Crippen LogP contribution >= 0.6 is 0 Å². The first kappa shape index (κ1) is 15.4. The standard InChI is InChI=1S/C15H21N3O3/c1-18(8-7-11-5-3-2-4-6-11)14(19)12-9-17-13(10-16-12)15(20)21/h9-11H,2-8H2,1H3,(H,20,21). The van der Waals surface area contributed by atoms with E-state index in [9.17, 15) is 9.59 Å². The Morgan fingerprint density at radius 3 is 2.38 bits per heavy atom. The van der Waals surface area contributed by atoms with Crippen molar-refractivity contribution in [1.82, 2.24) is 14.9 Å². The largest absolute Gasteiger partial charge is 0.476 e. The van der Waals surface area contributed by atoms with Gasteiger partial charge in [0.1, 0.15) is 5.69 Å². The van der Waals surface area contributed by atoms with E-state index in [1.165, 1.54) is 38.3 Å². The molecular formula is C15H21N3O3. The maximum Gasteiger partial charge on any atom is 0.356 e. The Morgan fingerprint density at radius 1 is 1.19 bits per heavy atom. The fraction of sp³-hybridized carbons (Fsp3) is 0.600. The number of carbonyl (C=O) groups is 2. The van der Waals surface area contributed by atoms with Crippen LogP contribution < -0.4 is 0 Å². The molecule has 0 radical (unpaired) electrons. The maximum absolute atomic E-state index is 12.2. The molecule has 1 N–H and O–H groups in total. The molecule has 0 unspecified atom stereocenters. The topological polar surface area (TPSA) is 83.4 Å². The number of carboxylic acids is 1. The molecule has 114 valence electrons. The summed E-state index contributed by atoms with van der Waals surface area (Å²) in [5.41, 5.74) is 0.0301. The highest BCUT2D eigenvalue weighted by molar-refractivity contribution is 5.92. The maximum atomic E-state index is 12.2. The highest BCUT2D eigenvalue weighted by Crippen LogP contribution is 2.26. The molecule has 1 aromatic heterocycles. The van der Waals surface area contributed by atoms with Crippen LogP contribution in [0.2, 0.25) is 0 Å². The van der Waals surface area contributed by atoms with Crippen LogP contribution in [0.3, 0.4) is 0 Å². The van der Waals surface area contributed by atoms with Crippen LogP contribution in [0.15, 0.2) is 12.4 Å². The highest BCUT2D eigenvalue weighted by atomic mass is 16.4. The van der Waals surface area contributed by atoms with Gasteiger partial charge in [-0.25, -0.2) is 14.8 Å². The van der Waals surface area contributed by atoms with E-state index >= 15 is 0 Å². The van der Waals surface area contributed by atoms with E-state index in [1.54, 1.807) is 11.9 Å². The van der Waals surface area contributed by atoms with Crippen molar-refractivity contribution < 1.29 is 14.7 Å². The van der Waals surface area contributed by atoms with Crippen LogP contribution in [0, 0.1) is 5.92 Å². The zero-order chi connectivity index (χ0) is 15.2. The van der Waals surface area contributed by atoms with Crippen molar-refractivity contribution in [2.75, 3.05) is 13.6 Å². The molecule has 2 rings (SSSR count). The van der Waals surface area contributed by atoms with Gasteiger partial charge in [0, 0.05) is 13.6 Å². The first-order valence-corrected chi connectivity index (χ1v) is 7.38. The fourth-order valence-electron chi connectivity index (χ4n) is 2.70. The quantitative estimate of drug-likeness (QED) is 0.899. The molecule has 1 heterocycles. The van der Waals surface area contributed by atoms with E-state index in [1.807, 2.05) is 0 Å². The van der Waals surface area contributed by atoms with Gasteiger partial charge in [-0.1, -0.05) is 32.1 Å². The summed E-state index contributed by atoms with van der Waals surface area (Å²) in [5, 5.41) is 8.75. The lowest BCUT2D eigenvalue weighted by molar-refractivity contribution is 0.0687. The number of nitrogens with zero attached hydrogens (tertiary/aromatic N) is 3. The van der Waals surface area contributed by atoms with E-state index in [0.717, 1.165) is 18.5 Å². The van der Waals surface area contributed by atoms with Gasteiger partial charge < -0.3 is 10.0 Å². The second kappa shape index (κ2) is 7.15. The lowest BCUT2D eigenvalue weighted by Crippen LogP contribution is -2.30. The van der Waals surface area contributed by atoms with Crippen molar-refractivity contribution in [2.24, 2.45) is 5.92 Å². The van der Waals surface area contributed by atoms with Crippen LogP contribution in [0.5, 0.6) is 0 Å². The lowest BCUT2D eigenvalue weighted by atomic mass is 9.87. The molecule has 6 nitrogen and oxygen atoms in total. The Bertz CT molecular complexity index is 495. The van der Waals surface area contributed by atoms with E-state index in [4.69, 9.17) is 5.11 Å². The summed E-state index contributed by atoms with van der Waals surface area (Å²) >= 11 is 0. The third-order valence-electron chi connectivity index (χ3n) is 4.03. The van der Waals surface area contributed by atoms with Gasteiger partial charge in [-0.15, -0.1) is 0 Å².